The summed E-state index contributed by atoms with van der Waals surface area (Å²) >= 11 is 5.95. The summed E-state index contributed by atoms with van der Waals surface area (Å²) in [5, 5.41) is 4.81. The number of fused-ring (bicyclic) bond motifs is 1. The highest BCUT2D eigenvalue weighted by Gasteiger charge is 2.36. The monoisotopic (exact) mass is 277 g/mol. The molecule has 2 heterocycles. The van der Waals surface area contributed by atoms with Crippen molar-refractivity contribution in [2.45, 2.75) is 19.8 Å². The Morgan fingerprint density at radius 1 is 1.42 bits per heavy atom. The molecule has 19 heavy (non-hydrogen) atoms. The zero-order valence-electron chi connectivity index (χ0n) is 10.8. The van der Waals surface area contributed by atoms with Crippen molar-refractivity contribution in [1.29, 1.82) is 0 Å². The van der Waals surface area contributed by atoms with Gasteiger partial charge in [-0.1, -0.05) is 18.5 Å². The molecule has 0 bridgehead atoms. The Balaban J connectivity index is 1.97. The van der Waals surface area contributed by atoms with Crippen LogP contribution in [0.2, 0.25) is 5.02 Å². The standard InChI is InChI=1S/C15H16ClNO2/c1-15(5-2-6-17-9-15)14(18)13-8-10-7-11(16)3-4-12(10)19-13/h3-4,7-8,17H,2,5-6,9H2,1H3. The highest BCUT2D eigenvalue weighted by molar-refractivity contribution is 6.31. The Kier molecular flexibility index (Phi) is 3.11. The second kappa shape index (κ2) is 4.66. The van der Waals surface area contributed by atoms with Crippen molar-refractivity contribution < 1.29 is 9.21 Å². The molecule has 1 aromatic carbocycles. The van der Waals surface area contributed by atoms with Gasteiger partial charge < -0.3 is 9.73 Å². The Labute approximate surface area is 116 Å². The maximum absolute atomic E-state index is 12.6. The Morgan fingerprint density at radius 3 is 3.00 bits per heavy atom. The first kappa shape index (κ1) is 12.7. The lowest BCUT2D eigenvalue weighted by Crippen LogP contribution is -2.43. The van der Waals surface area contributed by atoms with Gasteiger partial charge in [0.2, 0.25) is 5.78 Å². The summed E-state index contributed by atoms with van der Waals surface area (Å²) in [5.41, 5.74) is 0.343. The molecule has 1 atom stereocenters. The topological polar surface area (TPSA) is 42.2 Å². The van der Waals surface area contributed by atoms with Crippen molar-refractivity contribution in [3.63, 3.8) is 0 Å². The third-order valence-electron chi connectivity index (χ3n) is 3.85. The third kappa shape index (κ3) is 2.28. The minimum Gasteiger partial charge on any atom is -0.453 e. The van der Waals surface area contributed by atoms with Gasteiger partial charge in [0.15, 0.2) is 5.76 Å². The lowest BCUT2D eigenvalue weighted by atomic mass is 9.78. The molecule has 0 aliphatic carbocycles. The van der Waals surface area contributed by atoms with Gasteiger partial charge in [-0.05, 0) is 43.7 Å². The highest BCUT2D eigenvalue weighted by Crippen LogP contribution is 2.32. The van der Waals surface area contributed by atoms with Gasteiger partial charge in [0.05, 0.1) is 0 Å². The SMILES string of the molecule is CC1(C(=O)c2cc3cc(Cl)ccc3o2)CCCNC1. The molecule has 1 fully saturated rings. The van der Waals surface area contributed by atoms with Gasteiger partial charge in [-0.25, -0.2) is 0 Å². The summed E-state index contributed by atoms with van der Waals surface area (Å²) in [6, 6.07) is 7.18. The predicted molar refractivity (Wildman–Crippen MR) is 75.8 cm³/mol. The summed E-state index contributed by atoms with van der Waals surface area (Å²) in [5.74, 6) is 0.510. The van der Waals surface area contributed by atoms with Crippen LogP contribution >= 0.6 is 11.6 Å². The fraction of sp³-hybridized carbons (Fsp3) is 0.400. The zero-order valence-corrected chi connectivity index (χ0v) is 11.6. The molecule has 1 aliphatic rings. The van der Waals surface area contributed by atoms with Crippen LogP contribution in [0.5, 0.6) is 0 Å². The summed E-state index contributed by atoms with van der Waals surface area (Å²) < 4.78 is 5.67. The molecule has 100 valence electrons. The van der Waals surface area contributed by atoms with Crippen LogP contribution in [0.1, 0.15) is 30.3 Å². The number of Topliss-reactive ketones (excluding diaryl/α,β-unsaturated/α-hetero) is 1. The molecule has 1 aliphatic heterocycles. The van der Waals surface area contributed by atoms with Crippen LogP contribution in [-0.4, -0.2) is 18.9 Å². The Morgan fingerprint density at radius 2 is 2.26 bits per heavy atom. The molecule has 0 amide bonds. The van der Waals surface area contributed by atoms with Crippen molar-refractivity contribution in [3.05, 3.63) is 35.0 Å². The van der Waals surface area contributed by atoms with Crippen LogP contribution in [0, 0.1) is 5.41 Å². The Bertz CT molecular complexity index is 626. The van der Waals surface area contributed by atoms with Gasteiger partial charge in [0.1, 0.15) is 5.58 Å². The number of nitrogens with one attached hydrogen (secondary N) is 1. The number of carbonyl (C=O) groups is 1. The first-order valence-corrected chi connectivity index (χ1v) is 6.91. The average molecular weight is 278 g/mol. The number of hydrogen-bond acceptors (Lipinski definition) is 3. The van der Waals surface area contributed by atoms with Crippen molar-refractivity contribution in [1.82, 2.24) is 5.32 Å². The fourth-order valence-electron chi connectivity index (χ4n) is 2.67. The van der Waals surface area contributed by atoms with Crippen LogP contribution in [0.3, 0.4) is 0 Å². The average Bonchev–Trinajstić information content (AvgIpc) is 2.81. The quantitative estimate of drug-likeness (QED) is 0.852. The lowest BCUT2D eigenvalue weighted by Gasteiger charge is -2.31. The van der Waals surface area contributed by atoms with E-state index in [2.05, 4.69) is 5.32 Å². The van der Waals surface area contributed by atoms with Gasteiger partial charge >= 0.3 is 0 Å². The number of carbonyl (C=O) groups excluding carboxylic acids is 1. The van der Waals surface area contributed by atoms with Gasteiger partial charge in [-0.15, -0.1) is 0 Å². The largest absolute Gasteiger partial charge is 0.453 e. The number of benzene rings is 1. The molecule has 0 spiro atoms. The van der Waals surface area contributed by atoms with E-state index in [0.29, 0.717) is 22.9 Å². The van der Waals surface area contributed by atoms with E-state index in [0.717, 1.165) is 24.8 Å². The van der Waals surface area contributed by atoms with Crippen LogP contribution in [-0.2, 0) is 0 Å². The van der Waals surface area contributed by atoms with E-state index in [4.69, 9.17) is 16.0 Å². The number of ketones is 1. The first-order chi connectivity index (χ1) is 9.08. The van der Waals surface area contributed by atoms with Crippen LogP contribution in [0.15, 0.2) is 28.7 Å². The third-order valence-corrected chi connectivity index (χ3v) is 4.08. The summed E-state index contributed by atoms with van der Waals surface area (Å²) in [4.78, 5) is 12.6. The van der Waals surface area contributed by atoms with Crippen molar-refractivity contribution in [2.75, 3.05) is 13.1 Å². The predicted octanol–water partition coefficient (Wildman–Crippen LogP) is 3.66. The molecule has 1 saturated heterocycles. The van der Waals surface area contributed by atoms with Gasteiger partial charge in [-0.2, -0.15) is 0 Å². The van der Waals surface area contributed by atoms with Crippen molar-refractivity contribution >= 4 is 28.4 Å². The van der Waals surface area contributed by atoms with E-state index in [1.165, 1.54) is 0 Å². The lowest BCUT2D eigenvalue weighted by molar-refractivity contribution is 0.0744. The smallest absolute Gasteiger partial charge is 0.205 e. The van der Waals surface area contributed by atoms with Gasteiger partial charge in [0.25, 0.3) is 0 Å². The van der Waals surface area contributed by atoms with E-state index in [9.17, 15) is 4.79 Å². The van der Waals surface area contributed by atoms with E-state index in [1.807, 2.05) is 13.0 Å². The van der Waals surface area contributed by atoms with E-state index in [1.54, 1.807) is 18.2 Å². The number of rotatable bonds is 2. The molecular formula is C15H16ClNO2. The van der Waals surface area contributed by atoms with Gasteiger partial charge in [-0.3, -0.25) is 4.79 Å². The minimum absolute atomic E-state index is 0.0759. The van der Waals surface area contributed by atoms with Crippen LogP contribution in [0.25, 0.3) is 11.0 Å². The van der Waals surface area contributed by atoms with Crippen molar-refractivity contribution in [3.8, 4) is 0 Å². The molecule has 4 heteroatoms. The summed E-state index contributed by atoms with van der Waals surface area (Å²) in [6.07, 6.45) is 1.92. The molecule has 0 saturated carbocycles. The number of hydrogen-bond donors (Lipinski definition) is 1. The number of piperidine rings is 1. The van der Waals surface area contributed by atoms with E-state index < -0.39 is 0 Å². The van der Waals surface area contributed by atoms with E-state index >= 15 is 0 Å². The Hall–Kier alpha value is -1.32. The fourth-order valence-corrected chi connectivity index (χ4v) is 2.85. The summed E-state index contributed by atoms with van der Waals surface area (Å²) in [7, 11) is 0. The first-order valence-electron chi connectivity index (χ1n) is 6.53. The van der Waals surface area contributed by atoms with Gasteiger partial charge in [0, 0.05) is 22.4 Å². The molecule has 2 aromatic rings. The molecule has 1 unspecified atom stereocenters. The maximum atomic E-state index is 12.6. The molecule has 1 aromatic heterocycles. The second-order valence-corrected chi connectivity index (χ2v) is 5.90. The zero-order chi connectivity index (χ0) is 13.5. The maximum Gasteiger partial charge on any atom is 0.205 e. The number of furan rings is 1. The molecule has 1 N–H and O–H groups in total. The number of halogens is 1. The highest BCUT2D eigenvalue weighted by atomic mass is 35.5. The molecule has 3 nitrogen and oxygen atoms in total. The molecular weight excluding hydrogens is 262 g/mol. The van der Waals surface area contributed by atoms with E-state index in [-0.39, 0.29) is 11.2 Å². The van der Waals surface area contributed by atoms with Crippen molar-refractivity contribution in [2.24, 2.45) is 5.41 Å². The second-order valence-electron chi connectivity index (χ2n) is 5.46. The van der Waals surface area contributed by atoms with Crippen LogP contribution < -0.4 is 5.32 Å². The summed E-state index contributed by atoms with van der Waals surface area (Å²) in [6.45, 7) is 3.70. The normalized spacial score (nSPS) is 23.7. The minimum atomic E-state index is -0.365. The molecule has 0 radical (unpaired) electrons. The molecule has 3 rings (SSSR count). The van der Waals surface area contributed by atoms with Crippen LogP contribution in [0.4, 0.5) is 0 Å².